The molecule has 0 aromatic heterocycles. The molecule has 1 aromatic rings. The highest BCUT2D eigenvalue weighted by molar-refractivity contribution is 6.39. The van der Waals surface area contributed by atoms with Crippen LogP contribution in [0.1, 0.15) is 33.1 Å². The van der Waals surface area contributed by atoms with Gasteiger partial charge in [-0.25, -0.2) is 4.39 Å². The maximum Gasteiger partial charge on any atom is 0.126 e. The van der Waals surface area contributed by atoms with Crippen LogP contribution in [0.4, 0.5) is 10.1 Å². The number of nitrogens with zero attached hydrogens (tertiary/aromatic N) is 1. The second-order valence-corrected chi connectivity index (χ2v) is 5.94. The van der Waals surface area contributed by atoms with Crippen LogP contribution in [-0.2, 0) is 0 Å². The maximum absolute atomic E-state index is 13.0. The lowest BCUT2D eigenvalue weighted by Crippen LogP contribution is -2.09. The topological polar surface area (TPSA) is 35.8 Å². The first kappa shape index (κ1) is 16.1. The van der Waals surface area contributed by atoms with Gasteiger partial charge >= 0.3 is 0 Å². The highest BCUT2D eigenvalue weighted by Crippen LogP contribution is 2.31. The Labute approximate surface area is 123 Å². The van der Waals surface area contributed by atoms with Crippen LogP contribution in [0.25, 0.3) is 0 Å². The number of rotatable bonds is 6. The predicted octanol–water partition coefficient (Wildman–Crippen LogP) is 5.26. The highest BCUT2D eigenvalue weighted by Gasteiger charge is 2.15. The largest absolute Gasteiger partial charge is 0.383 e. The zero-order chi connectivity index (χ0) is 14.5. The molecule has 0 aliphatic carbocycles. The van der Waals surface area contributed by atoms with Crippen molar-refractivity contribution in [2.75, 3.05) is 11.9 Å². The van der Waals surface area contributed by atoms with Crippen LogP contribution in [-0.4, -0.2) is 6.54 Å². The second-order valence-electron chi connectivity index (χ2n) is 5.12. The summed E-state index contributed by atoms with van der Waals surface area (Å²) in [5.74, 6) is -0.448. The number of nitriles is 1. The fraction of sp³-hybridized carbons (Fsp3) is 0.500. The molecule has 0 aliphatic heterocycles. The van der Waals surface area contributed by atoms with Crippen molar-refractivity contribution in [2.24, 2.45) is 5.41 Å². The minimum atomic E-state index is -0.448. The van der Waals surface area contributed by atoms with Crippen molar-refractivity contribution < 1.29 is 4.39 Å². The Morgan fingerprint density at radius 3 is 2.37 bits per heavy atom. The first-order valence-corrected chi connectivity index (χ1v) is 6.91. The molecule has 5 heteroatoms. The summed E-state index contributed by atoms with van der Waals surface area (Å²) in [6, 6.07) is 4.73. The molecule has 0 saturated heterocycles. The molecule has 19 heavy (non-hydrogen) atoms. The third kappa shape index (κ3) is 5.26. The lowest BCUT2D eigenvalue weighted by molar-refractivity contribution is 0.430. The summed E-state index contributed by atoms with van der Waals surface area (Å²) < 4.78 is 13.0. The van der Waals surface area contributed by atoms with Crippen molar-refractivity contribution in [1.29, 1.82) is 5.26 Å². The standard InChI is InChI=1S/C14H17Cl2FN2/c1-14(2,9-18)5-3-4-6-19-13-11(15)7-10(17)8-12(13)16/h7-8,19H,3-6H2,1-2H3. The molecule has 0 saturated carbocycles. The van der Waals surface area contributed by atoms with Crippen molar-refractivity contribution in [1.82, 2.24) is 0 Å². The Balaban J connectivity index is 2.41. The molecule has 1 N–H and O–H groups in total. The molecule has 0 heterocycles. The van der Waals surface area contributed by atoms with Crippen molar-refractivity contribution in [2.45, 2.75) is 33.1 Å². The van der Waals surface area contributed by atoms with E-state index in [4.69, 9.17) is 28.5 Å². The van der Waals surface area contributed by atoms with Gasteiger partial charge in [-0.1, -0.05) is 29.6 Å². The van der Waals surface area contributed by atoms with E-state index < -0.39 is 5.82 Å². The number of anilines is 1. The average Bonchev–Trinajstić information content (AvgIpc) is 2.31. The SMILES string of the molecule is CC(C)(C#N)CCCCNc1c(Cl)cc(F)cc1Cl. The monoisotopic (exact) mass is 302 g/mol. The van der Waals surface area contributed by atoms with E-state index in [0.29, 0.717) is 12.2 Å². The summed E-state index contributed by atoms with van der Waals surface area (Å²) in [4.78, 5) is 0. The van der Waals surface area contributed by atoms with Crippen LogP contribution in [0.15, 0.2) is 12.1 Å². The first-order chi connectivity index (χ1) is 8.85. The number of hydrogen-bond donors (Lipinski definition) is 1. The smallest absolute Gasteiger partial charge is 0.126 e. The van der Waals surface area contributed by atoms with E-state index >= 15 is 0 Å². The van der Waals surface area contributed by atoms with Crippen LogP contribution in [0.5, 0.6) is 0 Å². The Morgan fingerprint density at radius 1 is 1.26 bits per heavy atom. The number of nitrogens with one attached hydrogen (secondary N) is 1. The van der Waals surface area contributed by atoms with Crippen molar-refractivity contribution in [3.8, 4) is 6.07 Å². The van der Waals surface area contributed by atoms with E-state index in [-0.39, 0.29) is 15.5 Å². The van der Waals surface area contributed by atoms with E-state index in [1.165, 1.54) is 12.1 Å². The molecule has 0 bridgehead atoms. The lowest BCUT2D eigenvalue weighted by atomic mass is 9.89. The molecule has 0 aliphatic rings. The molecule has 0 fully saturated rings. The van der Waals surface area contributed by atoms with Crippen LogP contribution in [0.3, 0.4) is 0 Å². The lowest BCUT2D eigenvalue weighted by Gasteiger charge is -2.15. The summed E-state index contributed by atoms with van der Waals surface area (Å²) in [5, 5.41) is 12.6. The molecule has 0 spiro atoms. The van der Waals surface area contributed by atoms with Crippen molar-refractivity contribution in [3.05, 3.63) is 28.0 Å². The fourth-order valence-corrected chi connectivity index (χ4v) is 2.27. The van der Waals surface area contributed by atoms with Gasteiger partial charge in [0.2, 0.25) is 0 Å². The molecular formula is C14H17Cl2FN2. The van der Waals surface area contributed by atoms with Crippen LogP contribution < -0.4 is 5.32 Å². The van der Waals surface area contributed by atoms with Gasteiger partial charge in [0.15, 0.2) is 0 Å². The zero-order valence-corrected chi connectivity index (χ0v) is 12.6. The minimum absolute atomic E-state index is 0.280. The van der Waals surface area contributed by atoms with Gasteiger partial charge in [-0.05, 0) is 38.8 Å². The van der Waals surface area contributed by atoms with Gasteiger partial charge in [0.1, 0.15) is 5.82 Å². The van der Waals surface area contributed by atoms with Gasteiger partial charge < -0.3 is 5.32 Å². The summed E-state index contributed by atoms with van der Waals surface area (Å²) in [6.45, 7) is 4.54. The van der Waals surface area contributed by atoms with E-state index in [1.807, 2.05) is 13.8 Å². The zero-order valence-electron chi connectivity index (χ0n) is 11.1. The quantitative estimate of drug-likeness (QED) is 0.727. The van der Waals surface area contributed by atoms with Gasteiger partial charge in [-0.15, -0.1) is 0 Å². The molecule has 0 amide bonds. The molecule has 0 atom stereocenters. The summed E-state index contributed by atoms with van der Waals surface area (Å²) in [7, 11) is 0. The summed E-state index contributed by atoms with van der Waals surface area (Å²) >= 11 is 11.8. The van der Waals surface area contributed by atoms with Gasteiger partial charge in [-0.2, -0.15) is 5.26 Å². The number of benzene rings is 1. The Morgan fingerprint density at radius 2 is 1.84 bits per heavy atom. The first-order valence-electron chi connectivity index (χ1n) is 6.15. The third-order valence-electron chi connectivity index (χ3n) is 2.84. The molecule has 104 valence electrons. The maximum atomic E-state index is 13.0. The van der Waals surface area contributed by atoms with Crippen LogP contribution in [0.2, 0.25) is 10.0 Å². The summed E-state index contributed by atoms with van der Waals surface area (Å²) in [5.41, 5.74) is 0.273. The van der Waals surface area contributed by atoms with E-state index in [0.717, 1.165) is 19.3 Å². The van der Waals surface area contributed by atoms with Crippen LogP contribution in [0, 0.1) is 22.6 Å². The molecule has 1 aromatic carbocycles. The fourth-order valence-electron chi connectivity index (χ4n) is 1.67. The van der Waals surface area contributed by atoms with Crippen LogP contribution >= 0.6 is 23.2 Å². The number of unbranched alkanes of at least 4 members (excludes halogenated alkanes) is 1. The van der Waals surface area contributed by atoms with Gasteiger partial charge in [0.05, 0.1) is 27.2 Å². The molecular weight excluding hydrogens is 286 g/mol. The summed E-state index contributed by atoms with van der Waals surface area (Å²) in [6.07, 6.45) is 2.68. The highest BCUT2D eigenvalue weighted by atomic mass is 35.5. The predicted molar refractivity (Wildman–Crippen MR) is 78.2 cm³/mol. The number of halogens is 3. The van der Waals surface area contributed by atoms with Crippen molar-refractivity contribution in [3.63, 3.8) is 0 Å². The van der Waals surface area contributed by atoms with E-state index in [9.17, 15) is 4.39 Å². The van der Waals surface area contributed by atoms with E-state index in [2.05, 4.69) is 11.4 Å². The number of hydrogen-bond acceptors (Lipinski definition) is 2. The molecule has 0 unspecified atom stereocenters. The van der Waals surface area contributed by atoms with Gasteiger partial charge in [0.25, 0.3) is 0 Å². The molecule has 2 nitrogen and oxygen atoms in total. The third-order valence-corrected chi connectivity index (χ3v) is 3.44. The minimum Gasteiger partial charge on any atom is -0.383 e. The normalized spacial score (nSPS) is 11.2. The Bertz CT molecular complexity index is 458. The second kappa shape index (κ2) is 6.98. The van der Waals surface area contributed by atoms with Crippen molar-refractivity contribution >= 4 is 28.9 Å². The molecule has 1 rings (SSSR count). The average molecular weight is 303 g/mol. The molecule has 0 radical (unpaired) electrons. The van der Waals surface area contributed by atoms with Gasteiger partial charge in [0, 0.05) is 6.54 Å². The van der Waals surface area contributed by atoms with E-state index in [1.54, 1.807) is 0 Å². The Kier molecular flexibility index (Phi) is 5.90. The van der Waals surface area contributed by atoms with Gasteiger partial charge in [-0.3, -0.25) is 0 Å². The Hall–Kier alpha value is -0.980.